The first-order chi connectivity index (χ1) is 23.7. The normalized spacial score (nSPS) is 12.4. The lowest BCUT2D eigenvalue weighted by molar-refractivity contribution is 0.734. The monoisotopic (exact) mass is 616 g/mol. The topological polar surface area (TPSA) is 9.86 Å². The molecule has 0 saturated carbocycles. The van der Waals surface area contributed by atoms with Crippen molar-refractivity contribution in [3.05, 3.63) is 169 Å². The quantitative estimate of drug-likeness (QED) is 0.176. The maximum absolute atomic E-state index is 2.41. The summed E-state index contributed by atoms with van der Waals surface area (Å²) < 4.78 is 4.78. The van der Waals surface area contributed by atoms with Crippen molar-refractivity contribution in [3.63, 3.8) is 0 Å². The first-order valence-electron chi connectivity index (χ1n) is 17.0. The molecule has 0 saturated heterocycles. The van der Waals surface area contributed by atoms with Gasteiger partial charge in [-0.1, -0.05) is 129 Å². The fourth-order valence-corrected chi connectivity index (χ4v) is 7.47. The van der Waals surface area contributed by atoms with Crippen LogP contribution in [0.1, 0.15) is 31.7 Å². The van der Waals surface area contributed by atoms with Crippen LogP contribution in [0.4, 0.5) is 0 Å². The minimum Gasteiger partial charge on any atom is -0.309 e. The number of hydrogen-bond donors (Lipinski definition) is 0. The molecule has 0 bridgehead atoms. The van der Waals surface area contributed by atoms with E-state index < -0.39 is 0 Å². The van der Waals surface area contributed by atoms with Crippen LogP contribution < -0.4 is 0 Å². The number of para-hydroxylation sites is 3. The highest BCUT2D eigenvalue weighted by atomic mass is 15.0. The second-order valence-electron chi connectivity index (χ2n) is 13.0. The van der Waals surface area contributed by atoms with Gasteiger partial charge in [-0.3, -0.25) is 0 Å². The van der Waals surface area contributed by atoms with E-state index in [0.717, 1.165) is 12.1 Å². The molecule has 0 aliphatic carbocycles. The number of benzene rings is 7. The first-order valence-corrected chi connectivity index (χ1v) is 17.0. The Morgan fingerprint density at radius 3 is 1.25 bits per heavy atom. The molecule has 0 amide bonds. The maximum Gasteiger partial charge on any atom is 0.0547 e. The Morgan fingerprint density at radius 2 is 0.771 bits per heavy atom. The number of rotatable bonds is 6. The summed E-state index contributed by atoms with van der Waals surface area (Å²) in [5.74, 6) is 0.574. The molecule has 9 rings (SSSR count). The van der Waals surface area contributed by atoms with Crippen molar-refractivity contribution in [2.24, 2.45) is 0 Å². The zero-order valence-corrected chi connectivity index (χ0v) is 27.3. The van der Waals surface area contributed by atoms with E-state index in [2.05, 4.69) is 187 Å². The Kier molecular flexibility index (Phi) is 6.76. The summed E-state index contributed by atoms with van der Waals surface area (Å²) in [6, 6.07) is 60.1. The van der Waals surface area contributed by atoms with Crippen LogP contribution in [0, 0.1) is 0 Å². The van der Waals surface area contributed by atoms with E-state index in [9.17, 15) is 0 Å². The van der Waals surface area contributed by atoms with E-state index in [0.29, 0.717) is 5.92 Å². The van der Waals surface area contributed by atoms with Crippen LogP contribution in [-0.4, -0.2) is 9.13 Å². The van der Waals surface area contributed by atoms with Crippen LogP contribution in [0.15, 0.2) is 164 Å². The number of fused-ring (bicyclic) bond motifs is 6. The molecular weight excluding hydrogens is 581 g/mol. The summed E-state index contributed by atoms with van der Waals surface area (Å²) in [5.41, 5.74) is 13.5. The molecule has 0 spiro atoms. The van der Waals surface area contributed by atoms with E-state index in [4.69, 9.17) is 0 Å². The molecule has 2 nitrogen and oxygen atoms in total. The Bertz CT molecular complexity index is 2530. The van der Waals surface area contributed by atoms with E-state index in [1.165, 1.54) is 77.1 Å². The van der Waals surface area contributed by atoms with Crippen molar-refractivity contribution >= 4 is 43.6 Å². The lowest BCUT2D eigenvalue weighted by Gasteiger charge is -2.12. The number of aromatic nitrogens is 2. The molecule has 1 unspecified atom stereocenters. The van der Waals surface area contributed by atoms with Gasteiger partial charge in [0.2, 0.25) is 0 Å². The highest BCUT2D eigenvalue weighted by Gasteiger charge is 2.15. The third kappa shape index (κ3) is 4.56. The van der Waals surface area contributed by atoms with Gasteiger partial charge in [-0.25, -0.2) is 0 Å². The van der Waals surface area contributed by atoms with Gasteiger partial charge in [-0.2, -0.15) is 0 Å². The van der Waals surface area contributed by atoms with E-state index >= 15 is 0 Å². The van der Waals surface area contributed by atoms with Crippen LogP contribution in [-0.2, 0) is 0 Å². The third-order valence-electron chi connectivity index (χ3n) is 10.3. The molecule has 0 aliphatic heterocycles. The Balaban J connectivity index is 1.09. The Labute approximate surface area is 281 Å². The SMILES string of the molecule is CCC(C)c1ccc(-c2ccc3c4ccccc4n(-c4ccc(-c5ccc(-n6c7ccccc7c7ccccc76)cc5)cc4)c3c2)cc1. The zero-order chi connectivity index (χ0) is 32.2. The molecule has 0 aliphatic rings. The molecule has 0 radical (unpaired) electrons. The number of nitrogens with zero attached hydrogens (tertiary/aromatic N) is 2. The second kappa shape index (κ2) is 11.4. The van der Waals surface area contributed by atoms with Crippen molar-refractivity contribution in [1.29, 1.82) is 0 Å². The smallest absolute Gasteiger partial charge is 0.0547 e. The predicted molar refractivity (Wildman–Crippen MR) is 205 cm³/mol. The molecule has 1 atom stereocenters. The van der Waals surface area contributed by atoms with E-state index in [-0.39, 0.29) is 0 Å². The van der Waals surface area contributed by atoms with Gasteiger partial charge in [0.1, 0.15) is 0 Å². The largest absolute Gasteiger partial charge is 0.309 e. The van der Waals surface area contributed by atoms with Crippen molar-refractivity contribution in [2.75, 3.05) is 0 Å². The van der Waals surface area contributed by atoms with Gasteiger partial charge >= 0.3 is 0 Å². The highest BCUT2D eigenvalue weighted by molar-refractivity contribution is 6.11. The van der Waals surface area contributed by atoms with Gasteiger partial charge in [-0.15, -0.1) is 0 Å². The van der Waals surface area contributed by atoms with Crippen molar-refractivity contribution in [3.8, 4) is 33.6 Å². The minimum absolute atomic E-state index is 0.574. The van der Waals surface area contributed by atoms with Crippen LogP contribution >= 0.6 is 0 Å². The van der Waals surface area contributed by atoms with Crippen LogP contribution in [0.5, 0.6) is 0 Å². The van der Waals surface area contributed by atoms with Crippen molar-refractivity contribution in [1.82, 2.24) is 9.13 Å². The van der Waals surface area contributed by atoms with Crippen LogP contribution in [0.2, 0.25) is 0 Å². The molecule has 0 fully saturated rings. The van der Waals surface area contributed by atoms with Gasteiger partial charge < -0.3 is 9.13 Å². The van der Waals surface area contributed by atoms with Gasteiger partial charge in [0.05, 0.1) is 22.1 Å². The molecule has 2 heteroatoms. The minimum atomic E-state index is 0.574. The number of hydrogen-bond acceptors (Lipinski definition) is 0. The van der Waals surface area contributed by atoms with Crippen LogP contribution in [0.25, 0.3) is 77.2 Å². The summed E-state index contributed by atoms with van der Waals surface area (Å²) in [6.45, 7) is 4.55. The first kappa shape index (κ1) is 28.4. The maximum atomic E-state index is 2.41. The van der Waals surface area contributed by atoms with Crippen molar-refractivity contribution < 1.29 is 0 Å². The van der Waals surface area contributed by atoms with Gasteiger partial charge in [0, 0.05) is 32.9 Å². The molecular formula is C46H36N2. The molecule has 7 aromatic carbocycles. The lowest BCUT2D eigenvalue weighted by Crippen LogP contribution is -1.95. The molecule has 48 heavy (non-hydrogen) atoms. The molecule has 2 aromatic heterocycles. The summed E-state index contributed by atoms with van der Waals surface area (Å²) >= 11 is 0. The Morgan fingerprint density at radius 1 is 0.396 bits per heavy atom. The predicted octanol–water partition coefficient (Wildman–Crippen LogP) is 12.7. The second-order valence-corrected chi connectivity index (χ2v) is 13.0. The third-order valence-corrected chi connectivity index (χ3v) is 10.3. The highest BCUT2D eigenvalue weighted by Crippen LogP contribution is 2.36. The summed E-state index contributed by atoms with van der Waals surface area (Å²) in [6.07, 6.45) is 1.15. The molecule has 0 N–H and O–H groups in total. The average Bonchev–Trinajstić information content (AvgIpc) is 3.67. The lowest BCUT2D eigenvalue weighted by atomic mass is 9.95. The van der Waals surface area contributed by atoms with E-state index in [1.807, 2.05) is 0 Å². The molecule has 9 aromatic rings. The van der Waals surface area contributed by atoms with Crippen molar-refractivity contribution in [2.45, 2.75) is 26.2 Å². The standard InChI is InChI=1S/C46H36N2/c1-3-31(2)32-16-18-35(19-17-32)36-24-29-42-41-12-6-9-15-45(41)48(46(42)30-36)38-27-22-34(23-28-38)33-20-25-37(26-21-33)47-43-13-7-4-10-39(43)40-11-5-8-14-44(40)47/h4-31H,3H2,1-2H3. The summed E-state index contributed by atoms with van der Waals surface area (Å²) in [5, 5.41) is 5.11. The fraction of sp³-hybridized carbons (Fsp3) is 0.0870. The fourth-order valence-electron chi connectivity index (χ4n) is 7.47. The molecule has 230 valence electrons. The average molecular weight is 617 g/mol. The zero-order valence-electron chi connectivity index (χ0n) is 27.3. The van der Waals surface area contributed by atoms with E-state index in [1.54, 1.807) is 0 Å². The van der Waals surface area contributed by atoms with Gasteiger partial charge in [-0.05, 0) is 88.7 Å². The van der Waals surface area contributed by atoms with Gasteiger partial charge in [0.15, 0.2) is 0 Å². The summed E-state index contributed by atoms with van der Waals surface area (Å²) in [7, 11) is 0. The molecule has 2 heterocycles. The Hall–Kier alpha value is -5.86. The van der Waals surface area contributed by atoms with Gasteiger partial charge in [0.25, 0.3) is 0 Å². The summed E-state index contributed by atoms with van der Waals surface area (Å²) in [4.78, 5) is 0. The van der Waals surface area contributed by atoms with Crippen LogP contribution in [0.3, 0.4) is 0 Å².